The van der Waals surface area contributed by atoms with Gasteiger partial charge in [0.15, 0.2) is 0 Å². The molecule has 0 saturated carbocycles. The highest BCUT2D eigenvalue weighted by Crippen LogP contribution is 2.45. The minimum absolute atomic E-state index is 0.0570. The molecular weight excluding hydrogens is 369 g/mol. The van der Waals surface area contributed by atoms with Gasteiger partial charge in [0.05, 0.1) is 23.5 Å². The third kappa shape index (κ3) is 3.49. The molecule has 0 saturated heterocycles. The SMILES string of the molecule is CN1C(=O)[C@](CC(=O)Nc2cncc(F)c2)(Cc2ccccc2)c2ccccc21. The number of nitrogens with zero attached hydrogens (tertiary/aromatic N) is 2. The molecule has 0 fully saturated rings. The number of anilines is 2. The highest BCUT2D eigenvalue weighted by atomic mass is 19.1. The Bertz CT molecular complexity index is 1070. The van der Waals surface area contributed by atoms with Gasteiger partial charge in [-0.2, -0.15) is 0 Å². The maximum Gasteiger partial charge on any atom is 0.238 e. The van der Waals surface area contributed by atoms with Crippen molar-refractivity contribution in [1.82, 2.24) is 4.98 Å². The Morgan fingerprint density at radius 1 is 1.10 bits per heavy atom. The third-order valence-electron chi connectivity index (χ3n) is 5.29. The second kappa shape index (κ2) is 7.47. The number of carbonyl (C=O) groups excluding carboxylic acids is 2. The molecule has 0 radical (unpaired) electrons. The standard InChI is InChI=1S/C23H20FN3O2/c1-27-20-10-6-5-9-19(20)23(22(27)29,12-16-7-3-2-4-8-16)13-21(28)26-18-11-17(24)14-25-15-18/h2-11,14-15H,12-13H2,1H3,(H,26,28)/t23-/m0/s1. The summed E-state index contributed by atoms with van der Waals surface area (Å²) in [5.41, 5.74) is 1.82. The van der Waals surface area contributed by atoms with E-state index in [1.165, 1.54) is 12.3 Å². The minimum Gasteiger partial charge on any atom is -0.325 e. The van der Waals surface area contributed by atoms with Gasteiger partial charge in [-0.05, 0) is 23.6 Å². The highest BCUT2D eigenvalue weighted by molar-refractivity contribution is 6.10. The van der Waals surface area contributed by atoms with Gasteiger partial charge in [0, 0.05) is 25.2 Å². The van der Waals surface area contributed by atoms with Gasteiger partial charge in [0.2, 0.25) is 11.8 Å². The summed E-state index contributed by atoms with van der Waals surface area (Å²) in [6.45, 7) is 0. The molecule has 6 heteroatoms. The molecule has 1 N–H and O–H groups in total. The Morgan fingerprint density at radius 3 is 2.59 bits per heavy atom. The zero-order valence-corrected chi connectivity index (χ0v) is 15.9. The third-order valence-corrected chi connectivity index (χ3v) is 5.29. The van der Waals surface area contributed by atoms with Gasteiger partial charge in [-0.1, -0.05) is 48.5 Å². The second-order valence-corrected chi connectivity index (χ2v) is 7.24. The number of amides is 2. The number of halogens is 1. The van der Waals surface area contributed by atoms with Gasteiger partial charge < -0.3 is 10.2 Å². The number of para-hydroxylation sites is 1. The highest BCUT2D eigenvalue weighted by Gasteiger charge is 2.50. The number of aromatic nitrogens is 1. The van der Waals surface area contributed by atoms with Crippen molar-refractivity contribution in [2.45, 2.75) is 18.3 Å². The predicted molar refractivity (Wildman–Crippen MR) is 109 cm³/mol. The zero-order chi connectivity index (χ0) is 20.4. The smallest absolute Gasteiger partial charge is 0.238 e. The summed E-state index contributed by atoms with van der Waals surface area (Å²) in [7, 11) is 1.72. The summed E-state index contributed by atoms with van der Waals surface area (Å²) in [4.78, 5) is 31.7. The lowest BCUT2D eigenvalue weighted by molar-refractivity contribution is -0.127. The summed E-state index contributed by atoms with van der Waals surface area (Å²) < 4.78 is 13.4. The molecule has 1 aliphatic rings. The van der Waals surface area contributed by atoms with Gasteiger partial charge in [-0.25, -0.2) is 4.39 Å². The summed E-state index contributed by atoms with van der Waals surface area (Å²) in [6, 6.07) is 18.4. The molecule has 0 unspecified atom stereocenters. The van der Waals surface area contributed by atoms with Crippen molar-refractivity contribution in [3.63, 3.8) is 0 Å². The van der Waals surface area contributed by atoms with Crippen LogP contribution >= 0.6 is 0 Å². The topological polar surface area (TPSA) is 62.3 Å². The van der Waals surface area contributed by atoms with Gasteiger partial charge in [0.1, 0.15) is 5.82 Å². The maximum atomic E-state index is 13.4. The number of nitrogens with one attached hydrogen (secondary N) is 1. The number of fused-ring (bicyclic) bond motifs is 1. The Labute approximate surface area is 168 Å². The maximum absolute atomic E-state index is 13.4. The molecule has 146 valence electrons. The lowest BCUT2D eigenvalue weighted by Gasteiger charge is -2.28. The summed E-state index contributed by atoms with van der Waals surface area (Å²) in [5.74, 6) is -1.04. The van der Waals surface area contributed by atoms with E-state index in [4.69, 9.17) is 0 Å². The van der Waals surface area contributed by atoms with Crippen LogP contribution in [0.5, 0.6) is 0 Å². The largest absolute Gasteiger partial charge is 0.325 e. The molecule has 0 bridgehead atoms. The average Bonchev–Trinajstić information content (AvgIpc) is 2.91. The van der Waals surface area contributed by atoms with Crippen molar-refractivity contribution in [3.05, 3.63) is 90.0 Å². The van der Waals surface area contributed by atoms with E-state index < -0.39 is 11.2 Å². The summed E-state index contributed by atoms with van der Waals surface area (Å²) >= 11 is 0. The van der Waals surface area contributed by atoms with E-state index in [0.717, 1.165) is 23.0 Å². The molecule has 1 aliphatic heterocycles. The average molecular weight is 389 g/mol. The van der Waals surface area contributed by atoms with E-state index in [9.17, 15) is 14.0 Å². The van der Waals surface area contributed by atoms with Crippen molar-refractivity contribution in [1.29, 1.82) is 0 Å². The van der Waals surface area contributed by atoms with E-state index in [0.29, 0.717) is 6.42 Å². The van der Waals surface area contributed by atoms with Crippen LogP contribution in [0.25, 0.3) is 0 Å². The Morgan fingerprint density at radius 2 is 1.83 bits per heavy atom. The van der Waals surface area contributed by atoms with E-state index in [-0.39, 0.29) is 23.9 Å². The summed E-state index contributed by atoms with van der Waals surface area (Å²) in [5, 5.41) is 2.67. The van der Waals surface area contributed by atoms with Crippen molar-refractivity contribution >= 4 is 23.2 Å². The fraction of sp³-hybridized carbons (Fsp3) is 0.174. The predicted octanol–water partition coefficient (Wildman–Crippen LogP) is 3.71. The molecule has 3 aromatic rings. The Hall–Kier alpha value is -3.54. The van der Waals surface area contributed by atoms with E-state index in [1.54, 1.807) is 11.9 Å². The van der Waals surface area contributed by atoms with Crippen LogP contribution in [-0.2, 0) is 21.4 Å². The molecule has 1 aromatic heterocycles. The number of pyridine rings is 1. The molecule has 2 amide bonds. The Balaban J connectivity index is 1.72. The first-order valence-corrected chi connectivity index (χ1v) is 9.32. The zero-order valence-electron chi connectivity index (χ0n) is 15.9. The van der Waals surface area contributed by atoms with Crippen LogP contribution in [0.2, 0.25) is 0 Å². The van der Waals surface area contributed by atoms with Crippen molar-refractivity contribution in [2.75, 3.05) is 17.3 Å². The fourth-order valence-corrected chi connectivity index (χ4v) is 4.02. The first kappa shape index (κ1) is 18.8. The fourth-order valence-electron chi connectivity index (χ4n) is 4.02. The second-order valence-electron chi connectivity index (χ2n) is 7.24. The number of hydrogen-bond donors (Lipinski definition) is 1. The van der Waals surface area contributed by atoms with Gasteiger partial charge in [-0.3, -0.25) is 14.6 Å². The normalized spacial score (nSPS) is 17.9. The van der Waals surface area contributed by atoms with Gasteiger partial charge in [-0.15, -0.1) is 0 Å². The number of likely N-dealkylation sites (N-methyl/N-ethyl adjacent to an activating group) is 1. The van der Waals surface area contributed by atoms with Gasteiger partial charge >= 0.3 is 0 Å². The molecule has 4 rings (SSSR count). The van der Waals surface area contributed by atoms with Crippen LogP contribution < -0.4 is 10.2 Å². The van der Waals surface area contributed by atoms with Crippen LogP contribution in [-0.4, -0.2) is 23.8 Å². The molecule has 2 heterocycles. The number of rotatable bonds is 5. The van der Waals surface area contributed by atoms with Crippen molar-refractivity contribution in [2.24, 2.45) is 0 Å². The van der Waals surface area contributed by atoms with E-state index >= 15 is 0 Å². The van der Waals surface area contributed by atoms with E-state index in [2.05, 4.69) is 10.3 Å². The molecule has 0 spiro atoms. The number of hydrogen-bond acceptors (Lipinski definition) is 3. The lowest BCUT2D eigenvalue weighted by atomic mass is 9.73. The minimum atomic E-state index is -1.03. The lowest BCUT2D eigenvalue weighted by Crippen LogP contribution is -2.43. The van der Waals surface area contributed by atoms with Crippen molar-refractivity contribution in [3.8, 4) is 0 Å². The number of benzene rings is 2. The monoisotopic (exact) mass is 389 g/mol. The summed E-state index contributed by atoms with van der Waals surface area (Å²) in [6.07, 6.45) is 2.78. The quantitative estimate of drug-likeness (QED) is 0.724. The van der Waals surface area contributed by atoms with Crippen LogP contribution in [0.15, 0.2) is 73.1 Å². The molecule has 29 heavy (non-hydrogen) atoms. The molecule has 0 aliphatic carbocycles. The van der Waals surface area contributed by atoms with Crippen molar-refractivity contribution < 1.29 is 14.0 Å². The first-order chi connectivity index (χ1) is 14.0. The number of carbonyl (C=O) groups is 2. The van der Waals surface area contributed by atoms with Crippen LogP contribution in [0.4, 0.5) is 15.8 Å². The van der Waals surface area contributed by atoms with Crippen LogP contribution in [0.3, 0.4) is 0 Å². The molecular formula is C23H20FN3O2. The molecule has 5 nitrogen and oxygen atoms in total. The molecule has 1 atom stereocenters. The van der Waals surface area contributed by atoms with E-state index in [1.807, 2.05) is 54.6 Å². The van der Waals surface area contributed by atoms with Crippen LogP contribution in [0, 0.1) is 5.82 Å². The van der Waals surface area contributed by atoms with Crippen LogP contribution in [0.1, 0.15) is 17.5 Å². The Kier molecular flexibility index (Phi) is 4.84. The molecule has 2 aromatic carbocycles. The van der Waals surface area contributed by atoms with Gasteiger partial charge in [0.25, 0.3) is 0 Å². The first-order valence-electron chi connectivity index (χ1n) is 9.32.